The molecule has 6 nitrogen and oxygen atoms in total. The van der Waals surface area contributed by atoms with Gasteiger partial charge in [0.05, 0.1) is 18.6 Å². The van der Waals surface area contributed by atoms with E-state index in [1.807, 2.05) is 31.2 Å². The van der Waals surface area contributed by atoms with E-state index in [-0.39, 0.29) is 17.8 Å². The van der Waals surface area contributed by atoms with Gasteiger partial charge in [-0.15, -0.1) is 0 Å². The van der Waals surface area contributed by atoms with Crippen LogP contribution >= 0.6 is 0 Å². The number of ether oxygens (including phenoxy) is 1. The predicted octanol–water partition coefficient (Wildman–Crippen LogP) is 4.12. The van der Waals surface area contributed by atoms with Crippen LogP contribution in [0.3, 0.4) is 0 Å². The highest BCUT2D eigenvalue weighted by Crippen LogP contribution is 2.45. The average Bonchev–Trinajstić information content (AvgIpc) is 3.15. The number of aromatic nitrogens is 1. The summed E-state index contributed by atoms with van der Waals surface area (Å²) >= 11 is 0. The van der Waals surface area contributed by atoms with Crippen LogP contribution < -0.4 is 15.4 Å². The Kier molecular flexibility index (Phi) is 6.37. The van der Waals surface area contributed by atoms with E-state index in [1.165, 1.54) is 6.07 Å². The van der Waals surface area contributed by atoms with E-state index in [4.69, 9.17) is 4.74 Å². The zero-order chi connectivity index (χ0) is 24.7. The van der Waals surface area contributed by atoms with Gasteiger partial charge in [0, 0.05) is 53.0 Å². The van der Waals surface area contributed by atoms with Crippen molar-refractivity contribution in [3.63, 3.8) is 0 Å². The highest BCUT2D eigenvalue weighted by atomic mass is 19.3. The maximum Gasteiger partial charge on any atom is 0.387 e. The van der Waals surface area contributed by atoms with Crippen LogP contribution in [0.2, 0.25) is 0 Å². The van der Waals surface area contributed by atoms with Crippen LogP contribution in [0.1, 0.15) is 29.8 Å². The molecule has 3 aromatic rings. The van der Waals surface area contributed by atoms with Crippen molar-refractivity contribution in [2.45, 2.75) is 44.0 Å². The van der Waals surface area contributed by atoms with E-state index in [0.717, 1.165) is 29.6 Å². The van der Waals surface area contributed by atoms with E-state index in [2.05, 4.69) is 15.6 Å². The number of hydrogen-bond donors (Lipinski definition) is 4. The fourth-order valence-electron chi connectivity index (χ4n) is 5.08. The van der Waals surface area contributed by atoms with Crippen molar-refractivity contribution in [1.82, 2.24) is 15.2 Å². The number of para-hydroxylation sites is 1. The second-order valence-corrected chi connectivity index (χ2v) is 9.34. The van der Waals surface area contributed by atoms with Gasteiger partial charge in [0.15, 0.2) is 0 Å². The molecule has 0 aliphatic carbocycles. The fraction of sp³-hybridized carbons (Fsp3) is 0.440. The summed E-state index contributed by atoms with van der Waals surface area (Å²) in [6.07, 6.45) is 0.497. The number of aliphatic hydroxyl groups excluding tert-OH is 1. The largest absolute Gasteiger partial charge is 0.434 e. The highest BCUT2D eigenvalue weighted by molar-refractivity contribution is 5.85. The molecule has 0 unspecified atom stereocenters. The number of nitrogens with zero attached hydrogens (tertiary/aromatic N) is 1. The van der Waals surface area contributed by atoms with Gasteiger partial charge < -0.3 is 25.5 Å². The molecule has 188 valence electrons. The van der Waals surface area contributed by atoms with Crippen LogP contribution in [0.15, 0.2) is 42.5 Å². The second kappa shape index (κ2) is 9.33. The summed E-state index contributed by atoms with van der Waals surface area (Å²) in [7, 11) is 0. The average molecular weight is 493 g/mol. The third-order valence-electron chi connectivity index (χ3n) is 6.84. The SMILES string of the molecule is C[C@@H]1Cc2c([nH]c3ccccc23)[C@@H](c2ccc(NC3CNC3)cc2OC(F)F)N1CC(F)(F)CO. The summed E-state index contributed by atoms with van der Waals surface area (Å²) in [6.45, 7) is -1.76. The van der Waals surface area contributed by atoms with Crippen molar-refractivity contribution in [2.24, 2.45) is 0 Å². The van der Waals surface area contributed by atoms with Crippen molar-refractivity contribution in [1.29, 1.82) is 0 Å². The summed E-state index contributed by atoms with van der Waals surface area (Å²) in [4.78, 5) is 4.91. The summed E-state index contributed by atoms with van der Waals surface area (Å²) in [6, 6.07) is 11.6. The number of aromatic amines is 1. The number of aliphatic hydroxyl groups is 1. The van der Waals surface area contributed by atoms with Crippen molar-refractivity contribution < 1.29 is 27.4 Å². The lowest BCUT2D eigenvalue weighted by molar-refractivity contribution is -0.0874. The quantitative estimate of drug-likeness (QED) is 0.356. The van der Waals surface area contributed by atoms with Crippen molar-refractivity contribution in [3.8, 4) is 5.75 Å². The molecule has 2 atom stereocenters. The van der Waals surface area contributed by atoms with Crippen LogP contribution in [0.25, 0.3) is 10.9 Å². The Bertz CT molecular complexity index is 1200. The van der Waals surface area contributed by atoms with Crippen LogP contribution in [0, 0.1) is 0 Å². The summed E-state index contributed by atoms with van der Waals surface area (Å²) in [5.41, 5.74) is 3.45. The van der Waals surface area contributed by atoms with Crippen LogP contribution in [0.4, 0.5) is 23.2 Å². The first-order chi connectivity index (χ1) is 16.8. The number of alkyl halides is 4. The van der Waals surface area contributed by atoms with Gasteiger partial charge in [0.2, 0.25) is 0 Å². The molecule has 0 radical (unpaired) electrons. The topological polar surface area (TPSA) is 72.5 Å². The van der Waals surface area contributed by atoms with E-state index >= 15 is 0 Å². The lowest BCUT2D eigenvalue weighted by Crippen LogP contribution is -2.51. The van der Waals surface area contributed by atoms with Gasteiger partial charge in [0.1, 0.15) is 12.4 Å². The molecule has 1 saturated heterocycles. The van der Waals surface area contributed by atoms with Crippen molar-refractivity contribution >= 4 is 16.6 Å². The Morgan fingerprint density at radius 3 is 2.66 bits per heavy atom. The number of H-pyrrole nitrogens is 1. The maximum atomic E-state index is 14.5. The third-order valence-corrected chi connectivity index (χ3v) is 6.84. The Morgan fingerprint density at radius 2 is 1.97 bits per heavy atom. The molecule has 0 amide bonds. The van der Waals surface area contributed by atoms with Gasteiger partial charge in [-0.05, 0) is 31.0 Å². The molecule has 1 aromatic heterocycles. The molecular formula is C25H28F4N4O2. The molecule has 2 aliphatic heterocycles. The predicted molar refractivity (Wildman–Crippen MR) is 125 cm³/mol. The number of halogens is 4. The molecule has 0 saturated carbocycles. The van der Waals surface area contributed by atoms with Gasteiger partial charge in [-0.1, -0.05) is 24.3 Å². The monoisotopic (exact) mass is 492 g/mol. The Morgan fingerprint density at radius 1 is 1.20 bits per heavy atom. The molecule has 10 heteroatoms. The molecule has 35 heavy (non-hydrogen) atoms. The number of rotatable bonds is 8. The number of nitrogens with one attached hydrogen (secondary N) is 3. The second-order valence-electron chi connectivity index (χ2n) is 9.34. The minimum Gasteiger partial charge on any atom is -0.434 e. The summed E-state index contributed by atoms with van der Waals surface area (Å²) in [5, 5.41) is 16.7. The Hall–Kier alpha value is -2.82. The minimum atomic E-state index is -3.36. The maximum absolute atomic E-state index is 14.5. The first kappa shape index (κ1) is 23.9. The zero-order valence-electron chi connectivity index (χ0n) is 19.2. The molecule has 1 fully saturated rings. The molecule has 0 bridgehead atoms. The summed E-state index contributed by atoms with van der Waals surface area (Å²) in [5.74, 6) is -3.43. The first-order valence-corrected chi connectivity index (χ1v) is 11.7. The van der Waals surface area contributed by atoms with Gasteiger partial charge in [-0.25, -0.2) is 8.78 Å². The number of anilines is 1. The zero-order valence-corrected chi connectivity index (χ0v) is 19.2. The van der Waals surface area contributed by atoms with E-state index in [9.17, 15) is 22.7 Å². The van der Waals surface area contributed by atoms with Gasteiger partial charge in [0.25, 0.3) is 5.92 Å². The number of hydrogen-bond acceptors (Lipinski definition) is 5. The van der Waals surface area contributed by atoms with Crippen LogP contribution in [0.5, 0.6) is 5.75 Å². The highest BCUT2D eigenvalue weighted by Gasteiger charge is 2.42. The molecular weight excluding hydrogens is 464 g/mol. The fourth-order valence-corrected chi connectivity index (χ4v) is 5.08. The summed E-state index contributed by atoms with van der Waals surface area (Å²) < 4.78 is 60.8. The normalized spacial score (nSPS) is 21.2. The Labute approximate surface area is 200 Å². The van der Waals surface area contributed by atoms with Gasteiger partial charge in [-0.2, -0.15) is 8.78 Å². The third kappa shape index (κ3) is 4.70. The molecule has 3 heterocycles. The van der Waals surface area contributed by atoms with Crippen LogP contribution in [-0.4, -0.2) is 65.8 Å². The lowest BCUT2D eigenvalue weighted by Gasteiger charge is -2.42. The van der Waals surface area contributed by atoms with Gasteiger partial charge in [-0.3, -0.25) is 4.90 Å². The molecule has 0 spiro atoms. The van der Waals surface area contributed by atoms with E-state index < -0.39 is 31.7 Å². The van der Waals surface area contributed by atoms with Crippen LogP contribution in [-0.2, 0) is 6.42 Å². The van der Waals surface area contributed by atoms with Crippen molar-refractivity contribution in [2.75, 3.05) is 31.6 Å². The smallest absolute Gasteiger partial charge is 0.387 e. The molecule has 4 N–H and O–H groups in total. The molecule has 5 rings (SSSR count). The van der Waals surface area contributed by atoms with Crippen molar-refractivity contribution in [3.05, 3.63) is 59.3 Å². The standard InChI is InChI=1S/C25H28F4N4O2/c1-14-8-19-17-4-2-3-5-20(17)32-22(19)23(33(14)12-25(28,29)13-34)18-7-6-15(31-16-10-30-11-16)9-21(18)35-24(26)27/h2-7,9,14,16,23-24,30-32,34H,8,10-13H2,1H3/t14-,23-/m1/s1. The first-order valence-electron chi connectivity index (χ1n) is 11.7. The van der Waals surface area contributed by atoms with E-state index in [1.54, 1.807) is 17.0 Å². The molecule has 2 aromatic carbocycles. The van der Waals surface area contributed by atoms with Gasteiger partial charge >= 0.3 is 6.61 Å². The number of benzene rings is 2. The minimum absolute atomic E-state index is 0.0710. The Balaban J connectivity index is 1.64. The molecule has 2 aliphatic rings. The van der Waals surface area contributed by atoms with E-state index in [0.29, 0.717) is 23.4 Å². The number of fused-ring (bicyclic) bond motifs is 3. The lowest BCUT2D eigenvalue weighted by atomic mass is 9.87.